The molecule has 0 aliphatic heterocycles. The molecule has 65 heavy (non-hydrogen) atoms. The van der Waals surface area contributed by atoms with Gasteiger partial charge in [0.05, 0.1) is 16.8 Å². The number of rotatable bonds is 8. The maximum absolute atomic E-state index is 5.25. The van der Waals surface area contributed by atoms with Crippen molar-refractivity contribution in [2.75, 3.05) is 0 Å². The number of benzene rings is 10. The van der Waals surface area contributed by atoms with E-state index >= 15 is 0 Å². The lowest BCUT2D eigenvalue weighted by Gasteiger charge is -2.34. The summed E-state index contributed by atoms with van der Waals surface area (Å²) in [6, 6.07) is 95.2. The first-order valence-corrected chi connectivity index (χ1v) is 22.4. The van der Waals surface area contributed by atoms with Gasteiger partial charge in [0.25, 0.3) is 0 Å². The molecule has 1 heterocycles. The molecule has 1 aliphatic carbocycles. The van der Waals surface area contributed by atoms with E-state index in [1.54, 1.807) is 0 Å². The molecule has 1 heteroatoms. The molecule has 0 saturated carbocycles. The SMILES string of the molecule is c1ccc(-c2cc(-c3ccccc3)nc(-c3cccc(-c4ccc(-c5cc6c(cc5-c5cccc7ccccc57)-c5ccccc5C6(c5ccccc5)c5ccccc5)cc4)c3)c2)cc1. The molecule has 0 atom stereocenters. The molecule has 1 aromatic heterocycles. The monoisotopic (exact) mass is 825 g/mol. The molecule has 0 radical (unpaired) electrons. The number of fused-ring (bicyclic) bond motifs is 4. The molecule has 11 aromatic rings. The molecule has 0 fully saturated rings. The first-order chi connectivity index (χ1) is 32.2. The molecule has 0 N–H and O–H groups in total. The molecule has 10 aromatic carbocycles. The van der Waals surface area contributed by atoms with Crippen molar-refractivity contribution in [1.29, 1.82) is 0 Å². The van der Waals surface area contributed by atoms with Gasteiger partial charge in [0, 0.05) is 11.1 Å². The lowest BCUT2D eigenvalue weighted by atomic mass is 9.67. The van der Waals surface area contributed by atoms with Crippen LogP contribution in [0.2, 0.25) is 0 Å². The normalized spacial score (nSPS) is 12.4. The van der Waals surface area contributed by atoms with E-state index in [1.807, 2.05) is 0 Å². The number of aromatic nitrogens is 1. The summed E-state index contributed by atoms with van der Waals surface area (Å²) in [6.07, 6.45) is 0. The lowest BCUT2D eigenvalue weighted by Crippen LogP contribution is -2.28. The van der Waals surface area contributed by atoms with Gasteiger partial charge in [-0.05, 0) is 119 Å². The average molecular weight is 826 g/mol. The van der Waals surface area contributed by atoms with Gasteiger partial charge in [0.1, 0.15) is 0 Å². The van der Waals surface area contributed by atoms with Gasteiger partial charge >= 0.3 is 0 Å². The van der Waals surface area contributed by atoms with Gasteiger partial charge in [-0.3, -0.25) is 0 Å². The van der Waals surface area contributed by atoms with Crippen molar-refractivity contribution in [3.8, 4) is 78.1 Å². The van der Waals surface area contributed by atoms with Crippen LogP contribution in [0, 0.1) is 0 Å². The standard InChI is InChI=1S/C64H43N/c1-5-19-44(20-6-1)51-40-62(48-22-7-2-8-23-48)65-63(41-51)50-26-17-25-49(39-50)45-35-37-47(38-36-45)57-43-61-59(42-58(57)55-33-18-24-46-21-13-14-31-54(46)55)56-32-15-16-34-60(56)64(61,52-27-9-3-10-28-52)53-29-11-4-12-30-53/h1-43H. The third kappa shape index (κ3) is 6.60. The van der Waals surface area contributed by atoms with E-state index < -0.39 is 5.41 Å². The Labute approximate surface area is 380 Å². The second-order valence-electron chi connectivity index (χ2n) is 17.0. The van der Waals surface area contributed by atoms with Crippen molar-refractivity contribution in [2.45, 2.75) is 5.41 Å². The smallest absolute Gasteiger partial charge is 0.0715 e. The number of hydrogen-bond acceptors (Lipinski definition) is 1. The summed E-state index contributed by atoms with van der Waals surface area (Å²) < 4.78 is 0. The van der Waals surface area contributed by atoms with Crippen LogP contribution in [0.3, 0.4) is 0 Å². The Morgan fingerprint density at radius 2 is 0.754 bits per heavy atom. The molecule has 304 valence electrons. The number of nitrogens with zero attached hydrogens (tertiary/aromatic N) is 1. The van der Waals surface area contributed by atoms with Crippen molar-refractivity contribution >= 4 is 10.8 Å². The number of pyridine rings is 1. The van der Waals surface area contributed by atoms with E-state index in [0.717, 1.165) is 39.2 Å². The van der Waals surface area contributed by atoms with Crippen LogP contribution in [-0.2, 0) is 5.41 Å². The topological polar surface area (TPSA) is 12.9 Å². The predicted molar refractivity (Wildman–Crippen MR) is 272 cm³/mol. The summed E-state index contributed by atoms with van der Waals surface area (Å²) in [7, 11) is 0. The zero-order valence-corrected chi connectivity index (χ0v) is 35.8. The van der Waals surface area contributed by atoms with E-state index in [2.05, 4.69) is 261 Å². The van der Waals surface area contributed by atoms with Gasteiger partial charge < -0.3 is 0 Å². The molecular weight excluding hydrogens is 783 g/mol. The van der Waals surface area contributed by atoms with Gasteiger partial charge in [0.15, 0.2) is 0 Å². The Balaban J connectivity index is 1.03. The zero-order valence-electron chi connectivity index (χ0n) is 35.8. The second-order valence-corrected chi connectivity index (χ2v) is 17.0. The van der Waals surface area contributed by atoms with Crippen LogP contribution in [0.5, 0.6) is 0 Å². The van der Waals surface area contributed by atoms with Crippen LogP contribution >= 0.6 is 0 Å². The highest BCUT2D eigenvalue weighted by Gasteiger charge is 2.46. The van der Waals surface area contributed by atoms with Crippen LogP contribution in [0.4, 0.5) is 0 Å². The van der Waals surface area contributed by atoms with Gasteiger partial charge in [-0.15, -0.1) is 0 Å². The largest absolute Gasteiger partial charge is 0.248 e. The minimum absolute atomic E-state index is 0.507. The fourth-order valence-corrected chi connectivity index (χ4v) is 10.3. The Kier molecular flexibility index (Phi) is 9.46. The van der Waals surface area contributed by atoms with Crippen LogP contribution < -0.4 is 0 Å². The fraction of sp³-hybridized carbons (Fsp3) is 0.0156. The Bertz CT molecular complexity index is 3400. The van der Waals surface area contributed by atoms with E-state index in [0.29, 0.717) is 0 Å². The maximum atomic E-state index is 5.25. The summed E-state index contributed by atoms with van der Waals surface area (Å²) in [5.41, 5.74) is 20.7. The van der Waals surface area contributed by atoms with E-state index in [1.165, 1.54) is 72.0 Å². The molecule has 0 amide bonds. The average Bonchev–Trinajstić information content (AvgIpc) is 3.69. The zero-order chi connectivity index (χ0) is 43.2. The molecule has 0 bridgehead atoms. The van der Waals surface area contributed by atoms with Crippen LogP contribution in [0.1, 0.15) is 22.3 Å². The van der Waals surface area contributed by atoms with Crippen molar-refractivity contribution in [1.82, 2.24) is 4.98 Å². The second kappa shape index (κ2) is 16.1. The van der Waals surface area contributed by atoms with Crippen LogP contribution in [0.15, 0.2) is 261 Å². The van der Waals surface area contributed by atoms with E-state index in [9.17, 15) is 0 Å². The molecular formula is C64H43N. The minimum Gasteiger partial charge on any atom is -0.248 e. The Morgan fingerprint density at radius 3 is 1.48 bits per heavy atom. The van der Waals surface area contributed by atoms with Gasteiger partial charge in [-0.2, -0.15) is 0 Å². The Morgan fingerprint density at radius 1 is 0.246 bits per heavy atom. The predicted octanol–water partition coefficient (Wildman–Crippen LogP) is 16.6. The van der Waals surface area contributed by atoms with Gasteiger partial charge in [-0.1, -0.05) is 231 Å². The first-order valence-electron chi connectivity index (χ1n) is 22.4. The third-order valence-corrected chi connectivity index (χ3v) is 13.4. The van der Waals surface area contributed by atoms with Gasteiger partial charge in [0.2, 0.25) is 0 Å². The molecule has 1 aliphatic rings. The van der Waals surface area contributed by atoms with E-state index in [4.69, 9.17) is 4.98 Å². The highest BCUT2D eigenvalue weighted by Crippen LogP contribution is 2.58. The van der Waals surface area contributed by atoms with Crippen molar-refractivity contribution in [3.63, 3.8) is 0 Å². The van der Waals surface area contributed by atoms with Crippen molar-refractivity contribution < 1.29 is 0 Å². The highest BCUT2D eigenvalue weighted by atomic mass is 14.7. The summed E-state index contributed by atoms with van der Waals surface area (Å²) >= 11 is 0. The molecule has 12 rings (SSSR count). The van der Waals surface area contributed by atoms with Crippen LogP contribution in [0.25, 0.3) is 88.9 Å². The maximum Gasteiger partial charge on any atom is 0.0715 e. The fourth-order valence-electron chi connectivity index (χ4n) is 10.3. The third-order valence-electron chi connectivity index (χ3n) is 13.4. The van der Waals surface area contributed by atoms with Gasteiger partial charge in [-0.25, -0.2) is 4.98 Å². The summed E-state index contributed by atoms with van der Waals surface area (Å²) in [6.45, 7) is 0. The van der Waals surface area contributed by atoms with Crippen LogP contribution in [-0.4, -0.2) is 4.98 Å². The quantitative estimate of drug-likeness (QED) is 0.149. The molecule has 1 nitrogen and oxygen atoms in total. The summed E-state index contributed by atoms with van der Waals surface area (Å²) in [4.78, 5) is 5.25. The molecule has 0 unspecified atom stereocenters. The summed E-state index contributed by atoms with van der Waals surface area (Å²) in [5.74, 6) is 0. The summed E-state index contributed by atoms with van der Waals surface area (Å²) in [5, 5.41) is 2.48. The van der Waals surface area contributed by atoms with Crippen molar-refractivity contribution in [2.24, 2.45) is 0 Å². The molecule has 0 spiro atoms. The minimum atomic E-state index is -0.507. The first kappa shape index (κ1) is 38.3. The lowest BCUT2D eigenvalue weighted by molar-refractivity contribution is 0.769. The van der Waals surface area contributed by atoms with Crippen molar-refractivity contribution in [3.05, 3.63) is 283 Å². The van der Waals surface area contributed by atoms with E-state index in [-0.39, 0.29) is 0 Å². The highest BCUT2D eigenvalue weighted by molar-refractivity contribution is 6.03. The molecule has 0 saturated heterocycles. The number of hydrogen-bond donors (Lipinski definition) is 0. The Hall–Kier alpha value is -8.39.